The molecule has 0 fully saturated rings. The lowest BCUT2D eigenvalue weighted by Crippen LogP contribution is -2.28. The van der Waals surface area contributed by atoms with E-state index in [-0.39, 0.29) is 17.4 Å². The van der Waals surface area contributed by atoms with E-state index in [1.165, 1.54) is 18.2 Å². The van der Waals surface area contributed by atoms with Crippen LogP contribution in [0.1, 0.15) is 40.5 Å². The zero-order valence-corrected chi connectivity index (χ0v) is 14.2. The number of nitrogens with two attached hydrogens (primary N) is 1. The minimum atomic E-state index is -4.41. The highest BCUT2D eigenvalue weighted by Crippen LogP contribution is 2.32. The second kappa shape index (κ2) is 7.34. The van der Waals surface area contributed by atoms with Crippen LogP contribution in [0.15, 0.2) is 35.1 Å². The number of anilines is 1. The minimum absolute atomic E-state index is 0.0904. The number of rotatable bonds is 5. The first kappa shape index (κ1) is 18.8. The van der Waals surface area contributed by atoms with Crippen LogP contribution in [0.3, 0.4) is 0 Å². The molecule has 0 bridgehead atoms. The number of fused-ring (bicyclic) bond motifs is 1. The molecule has 6 nitrogen and oxygen atoms in total. The van der Waals surface area contributed by atoms with Crippen LogP contribution in [0, 0.1) is 0 Å². The number of nitrogens with one attached hydrogen (secondary N) is 2. The summed E-state index contributed by atoms with van der Waals surface area (Å²) in [5.41, 5.74) is 6.64. The molecule has 0 saturated carbocycles. The highest BCUT2D eigenvalue weighted by Gasteiger charge is 2.28. The summed E-state index contributed by atoms with van der Waals surface area (Å²) in [6.07, 6.45) is -2.22. The molecule has 4 N–H and O–H groups in total. The second-order valence-electron chi connectivity index (χ2n) is 6.33. The van der Waals surface area contributed by atoms with Crippen molar-refractivity contribution in [2.45, 2.75) is 31.5 Å². The maximum absolute atomic E-state index is 12.3. The number of alkyl halides is 3. The zero-order chi connectivity index (χ0) is 19.6. The number of benzene rings is 1. The van der Waals surface area contributed by atoms with Gasteiger partial charge in [0.1, 0.15) is 11.3 Å². The number of halogens is 3. The van der Waals surface area contributed by atoms with Gasteiger partial charge in [0.25, 0.3) is 11.5 Å². The summed E-state index contributed by atoms with van der Waals surface area (Å²) in [4.78, 5) is 26.0. The van der Waals surface area contributed by atoms with Crippen LogP contribution in [0.2, 0.25) is 0 Å². The number of primary amides is 1. The maximum Gasteiger partial charge on any atom is 0.422 e. The molecule has 1 aliphatic rings. The number of hydrogen-bond acceptors (Lipinski definition) is 4. The third kappa shape index (κ3) is 4.60. The number of hydrogen-bond donors (Lipinski definition) is 3. The van der Waals surface area contributed by atoms with Crippen molar-refractivity contribution in [3.63, 3.8) is 0 Å². The fraction of sp³-hybridized carbons (Fsp3) is 0.333. The van der Waals surface area contributed by atoms with Gasteiger partial charge in [0.15, 0.2) is 6.61 Å². The Labute approximate surface area is 152 Å². The van der Waals surface area contributed by atoms with Gasteiger partial charge in [-0.1, -0.05) is 6.07 Å². The minimum Gasteiger partial charge on any atom is -0.484 e. The first-order chi connectivity index (χ1) is 12.7. The molecule has 0 saturated heterocycles. The Kier molecular flexibility index (Phi) is 5.11. The lowest BCUT2D eigenvalue weighted by atomic mass is 9.90. The van der Waals surface area contributed by atoms with Crippen LogP contribution in [-0.4, -0.2) is 23.7 Å². The molecule has 0 aliphatic heterocycles. The molecule has 1 aliphatic carbocycles. The monoisotopic (exact) mass is 381 g/mol. The summed E-state index contributed by atoms with van der Waals surface area (Å²) in [5.74, 6) is -0.724. The Balaban J connectivity index is 1.83. The summed E-state index contributed by atoms with van der Waals surface area (Å²) >= 11 is 0. The molecule has 1 aromatic heterocycles. The molecule has 27 heavy (non-hydrogen) atoms. The van der Waals surface area contributed by atoms with Crippen molar-refractivity contribution < 1.29 is 22.7 Å². The second-order valence-corrected chi connectivity index (χ2v) is 6.33. The number of ether oxygens (including phenoxy) is 1. The van der Waals surface area contributed by atoms with E-state index < -0.39 is 24.2 Å². The normalized spacial score (nSPS) is 16.5. The lowest BCUT2D eigenvalue weighted by molar-refractivity contribution is -0.153. The molecule has 9 heteroatoms. The number of carbonyl (C=O) groups excluding carboxylic acids is 1. The van der Waals surface area contributed by atoms with E-state index in [4.69, 9.17) is 10.5 Å². The van der Waals surface area contributed by atoms with Crippen molar-refractivity contribution in [3.05, 3.63) is 57.5 Å². The first-order valence-electron chi connectivity index (χ1n) is 8.35. The van der Waals surface area contributed by atoms with Crippen molar-refractivity contribution in [1.29, 1.82) is 0 Å². The van der Waals surface area contributed by atoms with E-state index in [9.17, 15) is 22.8 Å². The Morgan fingerprint density at radius 1 is 1.33 bits per heavy atom. The Hall–Kier alpha value is -2.97. The summed E-state index contributed by atoms with van der Waals surface area (Å²) in [6, 6.07) is 7.46. The predicted molar refractivity (Wildman–Crippen MR) is 92.9 cm³/mol. The fourth-order valence-electron chi connectivity index (χ4n) is 3.12. The predicted octanol–water partition coefficient (Wildman–Crippen LogP) is 2.90. The molecule has 0 radical (unpaired) electrons. The van der Waals surface area contributed by atoms with Crippen molar-refractivity contribution in [2.24, 2.45) is 5.73 Å². The Morgan fingerprint density at radius 3 is 2.81 bits per heavy atom. The van der Waals surface area contributed by atoms with Gasteiger partial charge in [0.05, 0.1) is 6.04 Å². The molecule has 3 rings (SSSR count). The topological polar surface area (TPSA) is 97.2 Å². The first-order valence-corrected chi connectivity index (χ1v) is 8.35. The number of H-pyrrole nitrogens is 1. The molecule has 1 aromatic carbocycles. The average molecular weight is 381 g/mol. The molecule has 1 atom stereocenters. The Morgan fingerprint density at radius 2 is 2.11 bits per heavy atom. The van der Waals surface area contributed by atoms with E-state index >= 15 is 0 Å². The van der Waals surface area contributed by atoms with Crippen molar-refractivity contribution >= 4 is 11.6 Å². The molecule has 1 heterocycles. The highest BCUT2D eigenvalue weighted by molar-refractivity contribution is 5.92. The lowest BCUT2D eigenvalue weighted by Gasteiger charge is -2.27. The third-order valence-corrected chi connectivity index (χ3v) is 4.30. The molecule has 1 unspecified atom stereocenters. The number of aromatic amines is 1. The zero-order valence-electron chi connectivity index (χ0n) is 14.2. The van der Waals surface area contributed by atoms with Gasteiger partial charge < -0.3 is 20.8 Å². The van der Waals surface area contributed by atoms with Crippen molar-refractivity contribution in [2.75, 3.05) is 11.9 Å². The van der Waals surface area contributed by atoms with Gasteiger partial charge in [-0.2, -0.15) is 13.2 Å². The van der Waals surface area contributed by atoms with Crippen molar-refractivity contribution in [1.82, 2.24) is 4.98 Å². The largest absolute Gasteiger partial charge is 0.484 e. The quantitative estimate of drug-likeness (QED) is 0.742. The van der Waals surface area contributed by atoms with Crippen molar-refractivity contribution in [3.8, 4) is 5.75 Å². The van der Waals surface area contributed by atoms with Gasteiger partial charge >= 0.3 is 6.18 Å². The molecular formula is C18H18F3N3O3. The van der Waals surface area contributed by atoms with Crippen LogP contribution < -0.4 is 21.3 Å². The summed E-state index contributed by atoms with van der Waals surface area (Å²) in [7, 11) is 0. The molecular weight excluding hydrogens is 363 g/mol. The number of aryl methyl sites for hydroxylation is 1. The maximum atomic E-state index is 12.3. The van der Waals surface area contributed by atoms with E-state index in [2.05, 4.69) is 10.3 Å². The highest BCUT2D eigenvalue weighted by atomic mass is 19.4. The van der Waals surface area contributed by atoms with Gasteiger partial charge in [-0.05, 0) is 43.0 Å². The van der Waals surface area contributed by atoms with E-state index in [1.54, 1.807) is 12.1 Å². The number of pyridine rings is 1. The van der Waals surface area contributed by atoms with Crippen LogP contribution >= 0.6 is 0 Å². The van der Waals surface area contributed by atoms with Crippen LogP contribution in [0.5, 0.6) is 5.75 Å². The average Bonchev–Trinajstić information content (AvgIpc) is 2.59. The standard InChI is InChI=1S/C18H18F3N3O3/c19-18(20,21)9-27-11-4-1-3-10(7-11)23-14-5-2-6-15-12(14)8-13(16(22)25)17(26)24-15/h1,3-4,7-8,14,23H,2,5-6,9H2,(H2,22,25)(H,24,26). The van der Waals surface area contributed by atoms with Crippen LogP contribution in [0.4, 0.5) is 18.9 Å². The van der Waals surface area contributed by atoms with E-state index in [0.717, 1.165) is 24.1 Å². The Bertz CT molecular complexity index is 909. The van der Waals surface area contributed by atoms with Gasteiger partial charge in [0, 0.05) is 17.4 Å². The van der Waals surface area contributed by atoms with E-state index in [0.29, 0.717) is 12.1 Å². The summed E-state index contributed by atoms with van der Waals surface area (Å²) < 4.78 is 41.7. The van der Waals surface area contributed by atoms with Gasteiger partial charge in [-0.25, -0.2) is 0 Å². The number of aromatic nitrogens is 1. The SMILES string of the molecule is NC(=O)c1cc2c([nH]c1=O)CCCC2Nc1cccc(OCC(F)(F)F)c1. The fourth-order valence-corrected chi connectivity index (χ4v) is 3.12. The van der Waals surface area contributed by atoms with Gasteiger partial charge in [-0.15, -0.1) is 0 Å². The smallest absolute Gasteiger partial charge is 0.422 e. The summed E-state index contributed by atoms with van der Waals surface area (Å²) in [6.45, 7) is -1.37. The number of carbonyl (C=O) groups is 1. The number of amides is 1. The van der Waals surface area contributed by atoms with Gasteiger partial charge in [0.2, 0.25) is 0 Å². The van der Waals surface area contributed by atoms with Crippen LogP contribution in [-0.2, 0) is 6.42 Å². The molecule has 2 aromatic rings. The van der Waals surface area contributed by atoms with Crippen LogP contribution in [0.25, 0.3) is 0 Å². The summed E-state index contributed by atoms with van der Waals surface area (Å²) in [5, 5.41) is 3.22. The molecule has 0 spiro atoms. The third-order valence-electron chi connectivity index (χ3n) is 4.30. The van der Waals surface area contributed by atoms with Gasteiger partial charge in [-0.3, -0.25) is 9.59 Å². The molecule has 1 amide bonds. The van der Waals surface area contributed by atoms with E-state index in [1.807, 2.05) is 0 Å². The molecule has 144 valence electrons.